The fourth-order valence-electron chi connectivity index (χ4n) is 1.17. The molecule has 0 saturated heterocycles. The van der Waals surface area contributed by atoms with Crippen LogP contribution in [0.1, 0.15) is 13.8 Å². The minimum Gasteiger partial charge on any atom is -0.365 e. The molecule has 0 rings (SSSR count). The van der Waals surface area contributed by atoms with Gasteiger partial charge in [0.05, 0.1) is 6.10 Å². The number of aliphatic hydroxyl groups is 1. The fraction of sp³-hybridized carbons (Fsp3) is 1.00. The van der Waals surface area contributed by atoms with Crippen LogP contribution >= 0.6 is 0 Å². The smallest absolute Gasteiger partial charge is 0.365 e. The minimum absolute atomic E-state index is 0.514. The highest BCUT2D eigenvalue weighted by Gasteiger charge is 2.77. The molecule has 17 heavy (non-hydrogen) atoms. The summed E-state index contributed by atoms with van der Waals surface area (Å²) in [5, 5.41) is 8.90. The molecule has 0 aromatic heterocycles. The van der Waals surface area contributed by atoms with Crippen LogP contribution in [0.4, 0.5) is 26.3 Å². The molecule has 1 unspecified atom stereocenters. The Balaban J connectivity index is 5.73. The summed E-state index contributed by atoms with van der Waals surface area (Å²) in [5.41, 5.74) is -4.76. The molecule has 0 amide bonds. The van der Waals surface area contributed by atoms with Crippen molar-refractivity contribution in [1.82, 2.24) is 0 Å². The summed E-state index contributed by atoms with van der Waals surface area (Å²) in [6, 6.07) is 0. The monoisotopic (exact) mass is 270 g/mol. The van der Waals surface area contributed by atoms with Gasteiger partial charge in [-0.2, -0.15) is 26.3 Å². The predicted octanol–water partition coefficient (Wildman–Crippen LogP) is 2.24. The van der Waals surface area contributed by atoms with Crippen LogP contribution < -0.4 is 0 Å². The lowest BCUT2D eigenvalue weighted by Gasteiger charge is -2.40. The Hall–Kier alpha value is -0.540. The molecule has 0 heterocycles. The Kier molecular flexibility index (Phi) is 4.83. The molecule has 1 atom stereocenters. The van der Waals surface area contributed by atoms with E-state index in [1.807, 2.05) is 0 Å². The van der Waals surface area contributed by atoms with Crippen LogP contribution in [0.2, 0.25) is 0 Å². The van der Waals surface area contributed by atoms with Gasteiger partial charge in [-0.05, 0) is 13.8 Å². The first-order valence-electron chi connectivity index (χ1n) is 4.42. The first kappa shape index (κ1) is 16.5. The summed E-state index contributed by atoms with van der Waals surface area (Å²) in [4.78, 5) is 0. The zero-order chi connectivity index (χ0) is 14.1. The maximum absolute atomic E-state index is 12.6. The first-order valence-corrected chi connectivity index (χ1v) is 4.42. The summed E-state index contributed by atoms with van der Waals surface area (Å²) in [6.07, 6.45) is -16.4. The molecule has 9 heteroatoms. The van der Waals surface area contributed by atoms with Crippen LogP contribution in [-0.4, -0.2) is 42.6 Å². The van der Waals surface area contributed by atoms with Crippen LogP contribution in [0.3, 0.4) is 0 Å². The van der Waals surface area contributed by atoms with Gasteiger partial charge in [0.25, 0.3) is 0 Å². The Bertz CT molecular complexity index is 233. The van der Waals surface area contributed by atoms with Crippen molar-refractivity contribution in [3.05, 3.63) is 0 Å². The topological polar surface area (TPSA) is 38.7 Å². The van der Waals surface area contributed by atoms with Crippen molar-refractivity contribution in [3.63, 3.8) is 0 Å². The van der Waals surface area contributed by atoms with Crippen LogP contribution in [0.15, 0.2) is 0 Å². The van der Waals surface area contributed by atoms with Crippen molar-refractivity contribution < 1.29 is 40.9 Å². The van der Waals surface area contributed by atoms with Gasteiger partial charge in [0.2, 0.25) is 6.29 Å². The van der Waals surface area contributed by atoms with E-state index >= 15 is 0 Å². The van der Waals surface area contributed by atoms with E-state index in [1.54, 1.807) is 0 Å². The van der Waals surface area contributed by atoms with Gasteiger partial charge in [0.1, 0.15) is 0 Å². The number of ether oxygens (including phenoxy) is 2. The number of methoxy groups -OCH3 is 1. The first-order chi connectivity index (χ1) is 7.40. The van der Waals surface area contributed by atoms with Crippen LogP contribution in [0.25, 0.3) is 0 Å². The van der Waals surface area contributed by atoms with Gasteiger partial charge in [-0.1, -0.05) is 0 Å². The highest BCUT2D eigenvalue weighted by molar-refractivity contribution is 4.99. The van der Waals surface area contributed by atoms with Crippen LogP contribution in [0.5, 0.6) is 0 Å². The van der Waals surface area contributed by atoms with Crippen LogP contribution in [0, 0.1) is 0 Å². The maximum atomic E-state index is 12.6. The number of alkyl halides is 6. The highest BCUT2D eigenvalue weighted by atomic mass is 19.4. The van der Waals surface area contributed by atoms with Crippen molar-refractivity contribution in [1.29, 1.82) is 0 Å². The van der Waals surface area contributed by atoms with Gasteiger partial charge in [-0.3, -0.25) is 0 Å². The average molecular weight is 270 g/mol. The lowest BCUT2D eigenvalue weighted by atomic mass is 10.0. The molecule has 0 aliphatic carbocycles. The summed E-state index contributed by atoms with van der Waals surface area (Å²) in [7, 11) is 0.514. The molecule has 0 aromatic rings. The van der Waals surface area contributed by atoms with E-state index in [0.717, 1.165) is 13.8 Å². The third-order valence-electron chi connectivity index (χ3n) is 1.83. The van der Waals surface area contributed by atoms with Crippen molar-refractivity contribution in [2.24, 2.45) is 0 Å². The molecule has 0 radical (unpaired) electrons. The number of aliphatic hydroxyl groups excluding tert-OH is 1. The van der Waals surface area contributed by atoms with E-state index in [1.165, 1.54) is 0 Å². The average Bonchev–Trinajstić information content (AvgIpc) is 2.08. The second kappa shape index (κ2) is 4.99. The zero-order valence-electron chi connectivity index (χ0n) is 9.19. The van der Waals surface area contributed by atoms with Gasteiger partial charge >= 0.3 is 18.0 Å². The van der Waals surface area contributed by atoms with Gasteiger partial charge in [0.15, 0.2) is 0 Å². The second-order valence-electron chi connectivity index (χ2n) is 3.49. The fourth-order valence-corrected chi connectivity index (χ4v) is 1.17. The van der Waals surface area contributed by atoms with Crippen molar-refractivity contribution in [3.8, 4) is 0 Å². The molecule has 104 valence electrons. The Morgan fingerprint density at radius 3 is 1.47 bits per heavy atom. The van der Waals surface area contributed by atoms with Crippen molar-refractivity contribution in [2.45, 2.75) is 44.2 Å². The number of hydrogen-bond donors (Lipinski definition) is 1. The van der Waals surface area contributed by atoms with E-state index in [9.17, 15) is 26.3 Å². The largest absolute Gasteiger partial charge is 0.431 e. The Morgan fingerprint density at radius 1 is 0.941 bits per heavy atom. The number of rotatable bonds is 4. The number of hydrogen-bond acceptors (Lipinski definition) is 3. The van der Waals surface area contributed by atoms with Gasteiger partial charge in [-0.15, -0.1) is 0 Å². The quantitative estimate of drug-likeness (QED) is 0.629. The van der Waals surface area contributed by atoms with E-state index in [0.29, 0.717) is 7.11 Å². The minimum atomic E-state index is -5.87. The van der Waals surface area contributed by atoms with Crippen molar-refractivity contribution >= 4 is 0 Å². The molecule has 1 N–H and O–H groups in total. The van der Waals surface area contributed by atoms with E-state index in [4.69, 9.17) is 5.11 Å². The van der Waals surface area contributed by atoms with Crippen molar-refractivity contribution in [2.75, 3.05) is 7.11 Å². The predicted molar refractivity (Wildman–Crippen MR) is 44.1 cm³/mol. The lowest BCUT2D eigenvalue weighted by molar-refractivity contribution is -0.435. The molecule has 0 aromatic carbocycles. The Morgan fingerprint density at radius 2 is 1.29 bits per heavy atom. The van der Waals surface area contributed by atoms with E-state index in [-0.39, 0.29) is 0 Å². The molecular weight excluding hydrogens is 258 g/mol. The molecule has 0 aliphatic rings. The summed E-state index contributed by atoms with van der Waals surface area (Å²) < 4.78 is 83.2. The molecule has 0 bridgehead atoms. The van der Waals surface area contributed by atoms with Gasteiger partial charge < -0.3 is 14.6 Å². The molecule has 0 saturated carbocycles. The highest BCUT2D eigenvalue weighted by Crippen LogP contribution is 2.48. The van der Waals surface area contributed by atoms with E-state index in [2.05, 4.69) is 9.47 Å². The molecular formula is C8H12F6O3. The van der Waals surface area contributed by atoms with Gasteiger partial charge in [-0.25, -0.2) is 0 Å². The SMILES string of the molecule is COC(O)C(OC(C)C)(C(F)(F)F)C(F)(F)F. The summed E-state index contributed by atoms with van der Waals surface area (Å²) >= 11 is 0. The molecule has 0 fully saturated rings. The third-order valence-corrected chi connectivity index (χ3v) is 1.83. The molecule has 3 nitrogen and oxygen atoms in total. The second-order valence-corrected chi connectivity index (χ2v) is 3.49. The summed E-state index contributed by atoms with van der Waals surface area (Å²) in [6.45, 7) is 1.96. The standard InChI is InChI=1S/C8H12F6O3/c1-4(2)17-6(5(15)16-3,7(9,10)11)8(12,13)14/h4-5,15H,1-3H3. The summed E-state index contributed by atoms with van der Waals surface area (Å²) in [5.74, 6) is 0. The molecule has 0 aliphatic heterocycles. The Labute approximate surface area is 93.3 Å². The normalized spacial score (nSPS) is 16.4. The zero-order valence-corrected chi connectivity index (χ0v) is 9.19. The molecule has 0 spiro atoms. The van der Waals surface area contributed by atoms with Gasteiger partial charge in [0, 0.05) is 7.11 Å². The maximum Gasteiger partial charge on any atom is 0.431 e. The number of halogens is 6. The lowest BCUT2D eigenvalue weighted by Crippen LogP contribution is -2.67. The van der Waals surface area contributed by atoms with Crippen LogP contribution in [-0.2, 0) is 9.47 Å². The third kappa shape index (κ3) is 3.02. The van der Waals surface area contributed by atoms with E-state index < -0.39 is 30.3 Å².